The van der Waals surface area contributed by atoms with Crippen LogP contribution < -0.4 is 14.8 Å². The number of aryl methyl sites for hydroxylation is 1. The maximum Gasteiger partial charge on any atom is 0.145 e. The highest BCUT2D eigenvalue weighted by Crippen LogP contribution is 2.30. The molecule has 1 aromatic heterocycles. The van der Waals surface area contributed by atoms with Gasteiger partial charge in [0, 0.05) is 28.9 Å². The first-order chi connectivity index (χ1) is 11.2. The fourth-order valence-corrected chi connectivity index (χ4v) is 2.70. The fraction of sp³-hybridized carbons (Fsp3) is 0.211. The topological polar surface area (TPSA) is 43.4 Å². The van der Waals surface area contributed by atoms with Crippen LogP contribution in [0.15, 0.2) is 48.5 Å². The third-order valence-electron chi connectivity index (χ3n) is 3.81. The van der Waals surface area contributed by atoms with Crippen LogP contribution in [-0.4, -0.2) is 19.2 Å². The Morgan fingerprint density at radius 1 is 0.957 bits per heavy atom. The summed E-state index contributed by atoms with van der Waals surface area (Å²) in [6.45, 7) is 2.67. The van der Waals surface area contributed by atoms with E-state index in [4.69, 9.17) is 9.47 Å². The molecule has 0 saturated heterocycles. The van der Waals surface area contributed by atoms with Crippen molar-refractivity contribution in [3.8, 4) is 11.5 Å². The number of rotatable bonds is 5. The molecule has 0 unspecified atom stereocenters. The second-order valence-corrected chi connectivity index (χ2v) is 5.33. The van der Waals surface area contributed by atoms with E-state index in [1.54, 1.807) is 14.2 Å². The van der Waals surface area contributed by atoms with E-state index in [0.29, 0.717) is 6.54 Å². The van der Waals surface area contributed by atoms with Gasteiger partial charge in [0.25, 0.3) is 0 Å². The van der Waals surface area contributed by atoms with Crippen LogP contribution >= 0.6 is 0 Å². The first kappa shape index (κ1) is 15.2. The average Bonchev–Trinajstić information content (AvgIpc) is 2.59. The molecule has 3 aromatic rings. The van der Waals surface area contributed by atoms with E-state index in [-0.39, 0.29) is 0 Å². The largest absolute Gasteiger partial charge is 0.496 e. The molecule has 0 fully saturated rings. The molecule has 0 bridgehead atoms. The zero-order valence-electron chi connectivity index (χ0n) is 13.6. The lowest BCUT2D eigenvalue weighted by atomic mass is 10.1. The normalized spacial score (nSPS) is 10.6. The van der Waals surface area contributed by atoms with Crippen molar-refractivity contribution in [1.82, 2.24) is 4.98 Å². The van der Waals surface area contributed by atoms with Crippen LogP contribution in [0.3, 0.4) is 0 Å². The molecule has 0 aliphatic rings. The van der Waals surface area contributed by atoms with Gasteiger partial charge < -0.3 is 14.8 Å². The van der Waals surface area contributed by atoms with E-state index in [1.165, 1.54) is 0 Å². The Morgan fingerprint density at radius 3 is 2.48 bits per heavy atom. The third kappa shape index (κ3) is 3.06. The minimum absolute atomic E-state index is 0.680. The van der Waals surface area contributed by atoms with Crippen molar-refractivity contribution < 1.29 is 9.47 Å². The number of pyridine rings is 1. The summed E-state index contributed by atoms with van der Waals surface area (Å²) < 4.78 is 10.8. The predicted octanol–water partition coefficient (Wildman–Crippen LogP) is 4.17. The molecule has 0 amide bonds. The van der Waals surface area contributed by atoms with Gasteiger partial charge in [0.1, 0.15) is 17.0 Å². The molecule has 0 aliphatic heterocycles. The molecule has 3 rings (SSSR count). The van der Waals surface area contributed by atoms with Crippen LogP contribution in [0.5, 0.6) is 11.5 Å². The number of fused-ring (bicyclic) bond motifs is 1. The summed E-state index contributed by atoms with van der Waals surface area (Å²) in [7, 11) is 3.36. The van der Waals surface area contributed by atoms with Crippen LogP contribution in [-0.2, 0) is 6.54 Å². The standard InChI is InChI=1S/C19H20N2O2/c1-13-11-16(15-8-6-10-18(23-3)19(15)21-13)20-12-14-7-4-5-9-17(14)22-2/h4-11H,12H2,1-3H3,(H,20,21). The van der Waals surface area contributed by atoms with Gasteiger partial charge in [0.15, 0.2) is 0 Å². The molecule has 0 spiro atoms. The maximum atomic E-state index is 5.43. The van der Waals surface area contributed by atoms with Crippen molar-refractivity contribution in [2.24, 2.45) is 0 Å². The number of benzene rings is 2. The van der Waals surface area contributed by atoms with Gasteiger partial charge in [-0.1, -0.05) is 30.3 Å². The van der Waals surface area contributed by atoms with Gasteiger partial charge in [-0.2, -0.15) is 0 Å². The van der Waals surface area contributed by atoms with E-state index in [2.05, 4.69) is 28.5 Å². The smallest absolute Gasteiger partial charge is 0.145 e. The highest BCUT2D eigenvalue weighted by Gasteiger charge is 2.09. The molecule has 23 heavy (non-hydrogen) atoms. The van der Waals surface area contributed by atoms with Gasteiger partial charge in [-0.25, -0.2) is 4.98 Å². The number of para-hydroxylation sites is 2. The Morgan fingerprint density at radius 2 is 1.70 bits per heavy atom. The monoisotopic (exact) mass is 308 g/mol. The highest BCUT2D eigenvalue weighted by molar-refractivity contribution is 5.95. The first-order valence-electron chi connectivity index (χ1n) is 7.53. The molecule has 0 radical (unpaired) electrons. The summed E-state index contributed by atoms with van der Waals surface area (Å²) in [6.07, 6.45) is 0. The van der Waals surface area contributed by atoms with Crippen molar-refractivity contribution in [2.75, 3.05) is 19.5 Å². The molecule has 2 aromatic carbocycles. The number of nitrogens with one attached hydrogen (secondary N) is 1. The number of ether oxygens (including phenoxy) is 2. The third-order valence-corrected chi connectivity index (χ3v) is 3.81. The summed E-state index contributed by atoms with van der Waals surface area (Å²) in [5.41, 5.74) is 3.97. The van der Waals surface area contributed by atoms with Crippen LogP contribution in [0, 0.1) is 6.92 Å². The van der Waals surface area contributed by atoms with Gasteiger partial charge >= 0.3 is 0 Å². The molecule has 4 nitrogen and oxygen atoms in total. The Labute approximate surface area is 136 Å². The lowest BCUT2D eigenvalue weighted by molar-refractivity contribution is 0.410. The Kier molecular flexibility index (Phi) is 4.33. The number of hydrogen-bond donors (Lipinski definition) is 1. The average molecular weight is 308 g/mol. The predicted molar refractivity (Wildman–Crippen MR) is 93.4 cm³/mol. The van der Waals surface area contributed by atoms with Crippen LogP contribution in [0.2, 0.25) is 0 Å². The maximum absolute atomic E-state index is 5.43. The van der Waals surface area contributed by atoms with E-state index >= 15 is 0 Å². The molecule has 1 heterocycles. The van der Waals surface area contributed by atoms with E-state index in [0.717, 1.165) is 39.3 Å². The second kappa shape index (κ2) is 6.57. The number of nitrogens with zero attached hydrogens (tertiary/aromatic N) is 1. The zero-order valence-corrected chi connectivity index (χ0v) is 13.6. The second-order valence-electron chi connectivity index (χ2n) is 5.33. The van der Waals surface area contributed by atoms with Crippen molar-refractivity contribution in [1.29, 1.82) is 0 Å². The lowest BCUT2D eigenvalue weighted by Crippen LogP contribution is -2.03. The fourth-order valence-electron chi connectivity index (χ4n) is 2.70. The number of aromatic nitrogens is 1. The van der Waals surface area contributed by atoms with Crippen molar-refractivity contribution in [3.05, 3.63) is 59.8 Å². The van der Waals surface area contributed by atoms with Crippen molar-refractivity contribution in [3.63, 3.8) is 0 Å². The van der Waals surface area contributed by atoms with Gasteiger partial charge in [-0.05, 0) is 25.1 Å². The van der Waals surface area contributed by atoms with E-state index in [1.807, 2.05) is 37.3 Å². The molecule has 0 aliphatic carbocycles. The number of anilines is 1. The van der Waals surface area contributed by atoms with Crippen LogP contribution in [0.25, 0.3) is 10.9 Å². The van der Waals surface area contributed by atoms with Gasteiger partial charge in [-0.15, -0.1) is 0 Å². The quantitative estimate of drug-likeness (QED) is 0.768. The number of methoxy groups -OCH3 is 2. The summed E-state index contributed by atoms with van der Waals surface area (Å²) >= 11 is 0. The highest BCUT2D eigenvalue weighted by atomic mass is 16.5. The van der Waals surface area contributed by atoms with Crippen molar-refractivity contribution >= 4 is 16.6 Å². The van der Waals surface area contributed by atoms with Crippen molar-refractivity contribution in [2.45, 2.75) is 13.5 Å². The SMILES string of the molecule is COc1ccccc1CNc1cc(C)nc2c(OC)cccc12. The summed E-state index contributed by atoms with van der Waals surface area (Å²) in [6, 6.07) is 16.0. The molecular formula is C19H20N2O2. The summed E-state index contributed by atoms with van der Waals surface area (Å²) in [5.74, 6) is 1.67. The van der Waals surface area contributed by atoms with E-state index < -0.39 is 0 Å². The minimum Gasteiger partial charge on any atom is -0.496 e. The molecule has 1 N–H and O–H groups in total. The lowest BCUT2D eigenvalue weighted by Gasteiger charge is -2.14. The van der Waals surface area contributed by atoms with Crippen LogP contribution in [0.4, 0.5) is 5.69 Å². The minimum atomic E-state index is 0.680. The Hall–Kier alpha value is -2.75. The summed E-state index contributed by atoms with van der Waals surface area (Å²) in [5, 5.41) is 4.54. The van der Waals surface area contributed by atoms with E-state index in [9.17, 15) is 0 Å². The number of hydrogen-bond acceptors (Lipinski definition) is 4. The first-order valence-corrected chi connectivity index (χ1v) is 7.53. The molecular weight excluding hydrogens is 288 g/mol. The molecule has 4 heteroatoms. The molecule has 118 valence electrons. The van der Waals surface area contributed by atoms with Gasteiger partial charge in [-0.3, -0.25) is 0 Å². The van der Waals surface area contributed by atoms with Crippen LogP contribution in [0.1, 0.15) is 11.3 Å². The Balaban J connectivity index is 1.97. The van der Waals surface area contributed by atoms with Gasteiger partial charge in [0.2, 0.25) is 0 Å². The summed E-state index contributed by atoms with van der Waals surface area (Å²) in [4.78, 5) is 4.61. The molecule has 0 atom stereocenters. The van der Waals surface area contributed by atoms with Gasteiger partial charge in [0.05, 0.1) is 14.2 Å². The Bertz CT molecular complexity index is 831. The zero-order chi connectivity index (χ0) is 16.2. The molecule has 0 saturated carbocycles.